The van der Waals surface area contributed by atoms with Gasteiger partial charge in [-0.25, -0.2) is 0 Å². The van der Waals surface area contributed by atoms with E-state index >= 15 is 0 Å². The molecule has 0 saturated heterocycles. The van der Waals surface area contributed by atoms with Gasteiger partial charge in [-0.3, -0.25) is 9.59 Å². The Hall–Kier alpha value is -2.99. The lowest BCUT2D eigenvalue weighted by molar-refractivity contribution is -0.136. The Bertz CT molecular complexity index is 854. The highest BCUT2D eigenvalue weighted by atomic mass is 35.5. The van der Waals surface area contributed by atoms with Crippen LogP contribution in [-0.2, 0) is 9.59 Å². The van der Waals surface area contributed by atoms with E-state index in [1.54, 1.807) is 61.9 Å². The van der Waals surface area contributed by atoms with Crippen LogP contribution in [0.1, 0.15) is 23.0 Å². The Morgan fingerprint density at radius 3 is 2.23 bits per heavy atom. The third-order valence-corrected chi connectivity index (χ3v) is 4.37. The van der Waals surface area contributed by atoms with Crippen molar-refractivity contribution in [2.24, 2.45) is 0 Å². The number of anilines is 1. The maximum Gasteiger partial charge on any atom is 0.313 e. The van der Waals surface area contributed by atoms with Crippen LogP contribution in [0.3, 0.4) is 0 Å². The molecule has 0 spiro atoms. The third kappa shape index (κ3) is 3.97. The topological polar surface area (TPSA) is 84.5 Å². The Balaban J connectivity index is 1.65. The zero-order chi connectivity index (χ0) is 18.5. The minimum Gasteiger partial charge on any atom is -0.469 e. The van der Waals surface area contributed by atoms with Crippen molar-refractivity contribution in [3.8, 4) is 0 Å². The van der Waals surface area contributed by atoms with Crippen LogP contribution in [0.25, 0.3) is 0 Å². The molecule has 2 amide bonds. The number of carbonyl (C=O) groups is 2. The lowest BCUT2D eigenvalue weighted by Crippen LogP contribution is -2.37. The molecule has 2 aromatic heterocycles. The van der Waals surface area contributed by atoms with Crippen molar-refractivity contribution < 1.29 is 18.4 Å². The van der Waals surface area contributed by atoms with Crippen molar-refractivity contribution in [3.05, 3.63) is 77.1 Å². The van der Waals surface area contributed by atoms with Crippen LogP contribution >= 0.6 is 11.6 Å². The fraction of sp³-hybridized carbons (Fsp3) is 0.158. The Morgan fingerprint density at radius 1 is 1.00 bits per heavy atom. The number of halogens is 1. The molecule has 0 saturated carbocycles. The van der Waals surface area contributed by atoms with E-state index in [0.717, 1.165) is 0 Å². The van der Waals surface area contributed by atoms with Crippen molar-refractivity contribution in [2.75, 3.05) is 11.9 Å². The average molecular weight is 373 g/mol. The Kier molecular flexibility index (Phi) is 5.43. The minimum atomic E-state index is -0.770. The van der Waals surface area contributed by atoms with Gasteiger partial charge in [-0.2, -0.15) is 0 Å². The Morgan fingerprint density at radius 2 is 1.65 bits per heavy atom. The molecule has 134 valence electrons. The normalized spacial score (nSPS) is 10.7. The summed E-state index contributed by atoms with van der Waals surface area (Å²) >= 11 is 6.02. The van der Waals surface area contributed by atoms with E-state index in [-0.39, 0.29) is 12.5 Å². The Labute approximate surface area is 155 Å². The molecule has 0 aliphatic heterocycles. The molecular formula is C19H17ClN2O4. The highest BCUT2D eigenvalue weighted by molar-refractivity contribution is 6.40. The fourth-order valence-electron chi connectivity index (χ4n) is 2.52. The standard InChI is InChI=1S/C19H17ClN2O4/c1-12-14(20)5-2-6-15(12)22-19(24)18(23)21-11-13(16-7-3-9-25-16)17-8-4-10-26-17/h2-10,13H,11H2,1H3,(H,21,23)(H,22,24). The van der Waals surface area contributed by atoms with Gasteiger partial charge in [0.15, 0.2) is 0 Å². The molecule has 0 aliphatic carbocycles. The molecule has 0 fully saturated rings. The maximum absolute atomic E-state index is 12.2. The number of nitrogens with one attached hydrogen (secondary N) is 2. The van der Waals surface area contributed by atoms with E-state index in [2.05, 4.69) is 10.6 Å². The number of furan rings is 2. The minimum absolute atomic E-state index is 0.155. The number of rotatable bonds is 5. The van der Waals surface area contributed by atoms with Crippen molar-refractivity contribution in [1.82, 2.24) is 5.32 Å². The third-order valence-electron chi connectivity index (χ3n) is 3.96. The molecule has 1 aromatic carbocycles. The van der Waals surface area contributed by atoms with E-state index in [9.17, 15) is 9.59 Å². The van der Waals surface area contributed by atoms with Gasteiger partial charge in [-0.15, -0.1) is 0 Å². The van der Waals surface area contributed by atoms with Crippen LogP contribution < -0.4 is 10.6 Å². The van der Waals surface area contributed by atoms with Gasteiger partial charge in [-0.1, -0.05) is 17.7 Å². The monoisotopic (exact) mass is 372 g/mol. The summed E-state index contributed by atoms with van der Waals surface area (Å²) in [7, 11) is 0. The second-order valence-corrected chi connectivity index (χ2v) is 6.07. The first kappa shape index (κ1) is 17.8. The SMILES string of the molecule is Cc1c(Cl)cccc1NC(=O)C(=O)NCC(c1ccco1)c1ccco1. The first-order valence-electron chi connectivity index (χ1n) is 7.97. The number of amides is 2. The van der Waals surface area contributed by atoms with Gasteiger partial charge in [0.2, 0.25) is 0 Å². The summed E-state index contributed by atoms with van der Waals surface area (Å²) < 4.78 is 10.8. The second-order valence-electron chi connectivity index (χ2n) is 5.66. The number of carbonyl (C=O) groups excluding carboxylic acids is 2. The molecule has 0 radical (unpaired) electrons. The van der Waals surface area contributed by atoms with Gasteiger partial charge in [0.05, 0.1) is 18.4 Å². The lowest BCUT2D eigenvalue weighted by atomic mass is 10.0. The molecule has 0 unspecified atom stereocenters. The summed E-state index contributed by atoms with van der Waals surface area (Å²) in [5.41, 5.74) is 1.19. The molecule has 6 nitrogen and oxygen atoms in total. The van der Waals surface area contributed by atoms with Crippen molar-refractivity contribution in [3.63, 3.8) is 0 Å². The first-order chi connectivity index (χ1) is 12.6. The summed E-state index contributed by atoms with van der Waals surface area (Å²) in [5, 5.41) is 5.68. The van der Waals surface area contributed by atoms with E-state index in [4.69, 9.17) is 20.4 Å². The van der Waals surface area contributed by atoms with Gasteiger partial charge in [0.25, 0.3) is 0 Å². The van der Waals surface area contributed by atoms with Crippen molar-refractivity contribution in [2.45, 2.75) is 12.8 Å². The lowest BCUT2D eigenvalue weighted by Gasteiger charge is -2.14. The van der Waals surface area contributed by atoms with Crippen LogP contribution in [0.15, 0.2) is 63.8 Å². The first-order valence-corrected chi connectivity index (χ1v) is 8.35. The highest BCUT2D eigenvalue weighted by Crippen LogP contribution is 2.25. The van der Waals surface area contributed by atoms with E-state index < -0.39 is 11.8 Å². The van der Waals surface area contributed by atoms with Gasteiger partial charge in [0.1, 0.15) is 11.5 Å². The molecule has 2 N–H and O–H groups in total. The largest absolute Gasteiger partial charge is 0.469 e. The molecule has 0 aliphatic rings. The van der Waals surface area contributed by atoms with E-state index in [1.807, 2.05) is 0 Å². The summed E-state index contributed by atoms with van der Waals surface area (Å²) in [5.74, 6) is -0.595. The quantitative estimate of drug-likeness (QED) is 0.668. The van der Waals surface area contributed by atoms with Crippen LogP contribution in [0, 0.1) is 6.92 Å². The van der Waals surface area contributed by atoms with Crippen molar-refractivity contribution in [1.29, 1.82) is 0 Å². The van der Waals surface area contributed by atoms with Crippen LogP contribution in [0.5, 0.6) is 0 Å². The molecule has 2 heterocycles. The summed E-state index contributed by atoms with van der Waals surface area (Å²) in [6.07, 6.45) is 3.09. The molecule has 26 heavy (non-hydrogen) atoms. The fourth-order valence-corrected chi connectivity index (χ4v) is 2.69. The molecule has 3 rings (SSSR count). The summed E-state index contributed by atoms with van der Waals surface area (Å²) in [6.45, 7) is 1.92. The van der Waals surface area contributed by atoms with Crippen molar-refractivity contribution >= 4 is 29.1 Å². The van der Waals surface area contributed by atoms with Crippen LogP contribution in [-0.4, -0.2) is 18.4 Å². The van der Waals surface area contributed by atoms with E-state index in [1.165, 1.54) is 0 Å². The van der Waals surface area contributed by atoms with Gasteiger partial charge < -0.3 is 19.5 Å². The molecule has 0 bridgehead atoms. The number of benzene rings is 1. The number of hydrogen-bond acceptors (Lipinski definition) is 4. The molecular weight excluding hydrogens is 356 g/mol. The number of hydrogen-bond donors (Lipinski definition) is 2. The van der Waals surface area contributed by atoms with Gasteiger partial charge >= 0.3 is 11.8 Å². The maximum atomic E-state index is 12.2. The molecule has 7 heteroatoms. The summed E-state index contributed by atoms with van der Waals surface area (Å²) in [4.78, 5) is 24.3. The zero-order valence-electron chi connectivity index (χ0n) is 14.0. The predicted octanol–water partition coefficient (Wildman–Crippen LogP) is 3.72. The summed E-state index contributed by atoms with van der Waals surface area (Å²) in [6, 6.07) is 12.2. The second kappa shape index (κ2) is 7.93. The highest BCUT2D eigenvalue weighted by Gasteiger charge is 2.23. The van der Waals surface area contributed by atoms with Crippen LogP contribution in [0.4, 0.5) is 5.69 Å². The van der Waals surface area contributed by atoms with E-state index in [0.29, 0.717) is 27.8 Å². The molecule has 3 aromatic rings. The molecule has 0 atom stereocenters. The smallest absolute Gasteiger partial charge is 0.313 e. The van der Waals surface area contributed by atoms with Crippen LogP contribution in [0.2, 0.25) is 5.02 Å². The zero-order valence-corrected chi connectivity index (χ0v) is 14.7. The predicted molar refractivity (Wildman–Crippen MR) is 97.1 cm³/mol. The average Bonchev–Trinajstić information content (AvgIpc) is 3.33. The van der Waals surface area contributed by atoms with Gasteiger partial charge in [-0.05, 0) is 48.9 Å². The van der Waals surface area contributed by atoms with Gasteiger partial charge in [0, 0.05) is 17.3 Å².